The maximum atomic E-state index is 12.5. The van der Waals surface area contributed by atoms with E-state index in [0.717, 1.165) is 32.1 Å². The SMILES string of the molecule is CCCCCCC/C=C\C/C=C\CCCCCCCCCCCCCCCCCCCCCCCCCCCCCCCC(=O)NC(CO)C(O)/C=C/CCCCCCCCCCCCCCCCCCC. The highest BCUT2D eigenvalue weighted by Crippen LogP contribution is 2.19. The van der Waals surface area contributed by atoms with Crippen LogP contribution >= 0.6 is 0 Å². The van der Waals surface area contributed by atoms with Crippen LogP contribution in [0.15, 0.2) is 36.5 Å². The van der Waals surface area contributed by atoms with Gasteiger partial charge in [0.05, 0.1) is 18.8 Å². The molecule has 0 heterocycles. The first-order valence-electron chi connectivity index (χ1n) is 33.2. The molecule has 4 heteroatoms. The number of aliphatic hydroxyl groups excluding tert-OH is 2. The molecular weight excluding hydrogens is 879 g/mol. The van der Waals surface area contributed by atoms with E-state index >= 15 is 0 Å². The number of hydrogen-bond acceptors (Lipinski definition) is 3. The van der Waals surface area contributed by atoms with E-state index in [1.165, 1.54) is 321 Å². The number of allylic oxidation sites excluding steroid dienone is 5. The van der Waals surface area contributed by atoms with Gasteiger partial charge in [-0.2, -0.15) is 0 Å². The molecular formula is C68H131NO3. The highest BCUT2D eigenvalue weighted by molar-refractivity contribution is 5.76. The van der Waals surface area contributed by atoms with Crippen molar-refractivity contribution in [1.29, 1.82) is 0 Å². The molecule has 0 aromatic carbocycles. The maximum Gasteiger partial charge on any atom is 0.220 e. The Labute approximate surface area is 452 Å². The Kier molecular flexibility index (Phi) is 62.7. The molecule has 0 aliphatic rings. The van der Waals surface area contributed by atoms with Crippen molar-refractivity contribution < 1.29 is 15.0 Å². The molecule has 0 saturated heterocycles. The molecule has 72 heavy (non-hydrogen) atoms. The second-order valence-electron chi connectivity index (χ2n) is 22.9. The van der Waals surface area contributed by atoms with Gasteiger partial charge >= 0.3 is 0 Å². The van der Waals surface area contributed by atoms with Crippen LogP contribution in [0.25, 0.3) is 0 Å². The molecule has 4 nitrogen and oxygen atoms in total. The average Bonchev–Trinajstić information content (AvgIpc) is 3.39. The number of nitrogens with one attached hydrogen (secondary N) is 1. The predicted octanol–water partition coefficient (Wildman–Crippen LogP) is 22.4. The van der Waals surface area contributed by atoms with Gasteiger partial charge in [0.2, 0.25) is 5.91 Å². The van der Waals surface area contributed by atoms with E-state index < -0.39 is 12.1 Å². The molecule has 3 N–H and O–H groups in total. The van der Waals surface area contributed by atoms with Crippen molar-refractivity contribution in [2.75, 3.05) is 6.61 Å². The molecule has 0 aliphatic carbocycles. The number of carbonyl (C=O) groups is 1. The van der Waals surface area contributed by atoms with E-state index in [4.69, 9.17) is 0 Å². The lowest BCUT2D eigenvalue weighted by atomic mass is 10.0. The molecule has 2 atom stereocenters. The van der Waals surface area contributed by atoms with Gasteiger partial charge in [0.25, 0.3) is 0 Å². The van der Waals surface area contributed by atoms with Gasteiger partial charge in [0.15, 0.2) is 0 Å². The molecule has 1 amide bonds. The average molecular weight is 1010 g/mol. The number of aliphatic hydroxyl groups is 2. The second-order valence-corrected chi connectivity index (χ2v) is 22.9. The summed E-state index contributed by atoms with van der Waals surface area (Å²) in [5.41, 5.74) is 0. The van der Waals surface area contributed by atoms with E-state index in [2.05, 4.69) is 43.5 Å². The number of amides is 1. The Bertz CT molecular complexity index is 1100. The summed E-state index contributed by atoms with van der Waals surface area (Å²) in [5.74, 6) is -0.0559. The van der Waals surface area contributed by atoms with E-state index in [-0.39, 0.29) is 12.5 Å². The van der Waals surface area contributed by atoms with Crippen molar-refractivity contribution in [3.63, 3.8) is 0 Å². The monoisotopic (exact) mass is 1010 g/mol. The van der Waals surface area contributed by atoms with Crippen LogP contribution in [-0.2, 0) is 4.79 Å². The molecule has 0 aromatic rings. The lowest BCUT2D eigenvalue weighted by molar-refractivity contribution is -0.123. The van der Waals surface area contributed by atoms with Gasteiger partial charge in [-0.15, -0.1) is 0 Å². The van der Waals surface area contributed by atoms with Crippen molar-refractivity contribution in [1.82, 2.24) is 5.32 Å². The Balaban J connectivity index is 3.37. The third kappa shape index (κ3) is 59.5. The maximum absolute atomic E-state index is 12.5. The fourth-order valence-electron chi connectivity index (χ4n) is 10.6. The number of hydrogen-bond donors (Lipinski definition) is 3. The molecule has 426 valence electrons. The fraction of sp³-hybridized carbons (Fsp3) is 0.897. The Morgan fingerprint density at radius 3 is 0.833 bits per heavy atom. The van der Waals surface area contributed by atoms with E-state index in [9.17, 15) is 15.0 Å². The van der Waals surface area contributed by atoms with Crippen LogP contribution in [0, 0.1) is 0 Å². The number of carbonyl (C=O) groups excluding carboxylic acids is 1. The van der Waals surface area contributed by atoms with Gasteiger partial charge in [-0.25, -0.2) is 0 Å². The van der Waals surface area contributed by atoms with Gasteiger partial charge in [-0.05, 0) is 51.4 Å². The molecule has 2 unspecified atom stereocenters. The lowest BCUT2D eigenvalue weighted by Gasteiger charge is -2.20. The minimum Gasteiger partial charge on any atom is -0.394 e. The van der Waals surface area contributed by atoms with Gasteiger partial charge in [-0.1, -0.05) is 352 Å². The minimum absolute atomic E-state index is 0.0559. The molecule has 0 spiro atoms. The molecule has 0 rings (SSSR count). The van der Waals surface area contributed by atoms with Crippen LogP contribution in [0.1, 0.15) is 373 Å². The topological polar surface area (TPSA) is 69.6 Å². The van der Waals surface area contributed by atoms with Crippen LogP contribution in [0.5, 0.6) is 0 Å². The molecule has 0 aromatic heterocycles. The minimum atomic E-state index is -0.837. The van der Waals surface area contributed by atoms with E-state index in [1.54, 1.807) is 6.08 Å². The third-order valence-corrected chi connectivity index (χ3v) is 15.6. The Morgan fingerprint density at radius 2 is 0.569 bits per heavy atom. The predicted molar refractivity (Wildman–Crippen MR) is 322 cm³/mol. The summed E-state index contributed by atoms with van der Waals surface area (Å²) in [6.45, 7) is 4.34. The quantitative estimate of drug-likeness (QED) is 0.0420. The molecule has 0 radical (unpaired) electrons. The van der Waals surface area contributed by atoms with Crippen molar-refractivity contribution in [3.8, 4) is 0 Å². The van der Waals surface area contributed by atoms with E-state index in [0.29, 0.717) is 6.42 Å². The summed E-state index contributed by atoms with van der Waals surface area (Å²) in [7, 11) is 0. The van der Waals surface area contributed by atoms with Gasteiger partial charge < -0.3 is 15.5 Å². The van der Waals surface area contributed by atoms with Crippen molar-refractivity contribution >= 4 is 5.91 Å². The molecule has 0 fully saturated rings. The summed E-state index contributed by atoms with van der Waals surface area (Å²) >= 11 is 0. The second kappa shape index (κ2) is 63.9. The zero-order valence-electron chi connectivity index (χ0n) is 49.2. The smallest absolute Gasteiger partial charge is 0.220 e. The zero-order chi connectivity index (χ0) is 52.0. The molecule has 0 saturated carbocycles. The summed E-state index contributed by atoms with van der Waals surface area (Å²) < 4.78 is 0. The first-order chi connectivity index (χ1) is 35.7. The summed E-state index contributed by atoms with van der Waals surface area (Å²) in [6, 6.07) is -0.620. The van der Waals surface area contributed by atoms with Crippen LogP contribution < -0.4 is 5.32 Å². The standard InChI is InChI=1S/C68H131NO3/c1-3-5-7-9-11-13-15-17-19-21-23-24-25-26-27-28-29-30-31-32-33-34-35-36-37-38-39-40-41-42-43-44-46-48-50-52-54-56-58-60-62-64-68(72)69-66(65-70)67(71)63-61-59-57-55-53-51-49-47-45-22-20-18-16-14-12-10-8-6-4-2/h15,17,21,23,61,63,66-67,70-71H,3-14,16,18-20,22,24-60,62,64-65H2,1-2H3,(H,69,72)/b17-15-,23-21-,63-61+. The van der Waals surface area contributed by atoms with Gasteiger partial charge in [-0.3, -0.25) is 4.79 Å². The summed E-state index contributed by atoms with van der Waals surface area (Å²) in [5, 5.41) is 23.2. The van der Waals surface area contributed by atoms with Crippen LogP contribution in [0.3, 0.4) is 0 Å². The zero-order valence-corrected chi connectivity index (χ0v) is 49.2. The Morgan fingerprint density at radius 1 is 0.333 bits per heavy atom. The first kappa shape index (κ1) is 70.6. The van der Waals surface area contributed by atoms with Crippen LogP contribution in [0.4, 0.5) is 0 Å². The fourth-order valence-corrected chi connectivity index (χ4v) is 10.6. The highest BCUT2D eigenvalue weighted by atomic mass is 16.3. The van der Waals surface area contributed by atoms with Gasteiger partial charge in [0.1, 0.15) is 0 Å². The van der Waals surface area contributed by atoms with Crippen LogP contribution in [-0.4, -0.2) is 34.9 Å². The van der Waals surface area contributed by atoms with Crippen molar-refractivity contribution in [3.05, 3.63) is 36.5 Å². The first-order valence-corrected chi connectivity index (χ1v) is 33.2. The lowest BCUT2D eigenvalue weighted by Crippen LogP contribution is -2.45. The normalized spacial score (nSPS) is 12.9. The number of unbranched alkanes of at least 4 members (excludes halogenated alkanes) is 51. The van der Waals surface area contributed by atoms with Crippen molar-refractivity contribution in [2.45, 2.75) is 386 Å². The summed E-state index contributed by atoms with van der Waals surface area (Å²) in [4.78, 5) is 12.5. The molecule has 0 aliphatic heterocycles. The molecule has 0 bridgehead atoms. The van der Waals surface area contributed by atoms with Crippen molar-refractivity contribution in [2.24, 2.45) is 0 Å². The van der Waals surface area contributed by atoms with Crippen LogP contribution in [0.2, 0.25) is 0 Å². The number of rotatable bonds is 62. The van der Waals surface area contributed by atoms with Gasteiger partial charge in [0, 0.05) is 6.42 Å². The Hall–Kier alpha value is -1.39. The largest absolute Gasteiger partial charge is 0.394 e. The third-order valence-electron chi connectivity index (χ3n) is 15.6. The summed E-state index contributed by atoms with van der Waals surface area (Å²) in [6.07, 6.45) is 87.9. The highest BCUT2D eigenvalue weighted by Gasteiger charge is 2.18. The van der Waals surface area contributed by atoms with E-state index in [1.807, 2.05) is 6.08 Å².